The second-order valence-corrected chi connectivity index (χ2v) is 6.94. The monoisotopic (exact) mass is 328 g/mol. The summed E-state index contributed by atoms with van der Waals surface area (Å²) in [7, 11) is 3.71. The number of nitrogens with zero attached hydrogens (tertiary/aromatic N) is 4. The van der Waals surface area contributed by atoms with Crippen molar-refractivity contribution < 1.29 is 4.79 Å². The fraction of sp³-hybridized carbons (Fsp3) is 0.294. The standard InChI is InChI=1S/C17H20N4OS/c1-12-13(2)23-17(21-7-5-6-8-21)15(12)16(22)19(3)10-14-9-18-20(4)11-14/h5-9,11H,10H2,1-4H3. The molecule has 5 nitrogen and oxygen atoms in total. The van der Waals surface area contributed by atoms with Crippen LogP contribution in [0.15, 0.2) is 36.9 Å². The molecule has 3 rings (SSSR count). The molecule has 0 aliphatic carbocycles. The number of hydrogen-bond acceptors (Lipinski definition) is 3. The Morgan fingerprint density at radius 1 is 1.30 bits per heavy atom. The highest BCUT2D eigenvalue weighted by Gasteiger charge is 2.23. The van der Waals surface area contributed by atoms with Gasteiger partial charge in [-0.1, -0.05) is 0 Å². The number of carbonyl (C=O) groups excluding carboxylic acids is 1. The minimum Gasteiger partial charge on any atom is -0.337 e. The molecule has 0 aliphatic rings. The van der Waals surface area contributed by atoms with Crippen LogP contribution in [0.5, 0.6) is 0 Å². The number of aromatic nitrogens is 3. The molecule has 6 heteroatoms. The molecule has 3 aromatic heterocycles. The van der Waals surface area contributed by atoms with Crippen LogP contribution in [0.3, 0.4) is 0 Å². The number of hydrogen-bond donors (Lipinski definition) is 0. The molecule has 0 aliphatic heterocycles. The highest BCUT2D eigenvalue weighted by atomic mass is 32.1. The zero-order valence-electron chi connectivity index (χ0n) is 13.8. The predicted molar refractivity (Wildman–Crippen MR) is 92.1 cm³/mol. The number of thiophene rings is 1. The van der Waals surface area contributed by atoms with Crippen LogP contribution >= 0.6 is 11.3 Å². The van der Waals surface area contributed by atoms with Gasteiger partial charge in [-0.3, -0.25) is 9.48 Å². The molecule has 3 heterocycles. The van der Waals surface area contributed by atoms with Gasteiger partial charge in [0, 0.05) is 49.7 Å². The maximum absolute atomic E-state index is 13.0. The van der Waals surface area contributed by atoms with Crippen molar-refractivity contribution in [2.45, 2.75) is 20.4 Å². The number of rotatable bonds is 4. The molecule has 3 aromatic rings. The van der Waals surface area contributed by atoms with Gasteiger partial charge in [-0.05, 0) is 31.5 Å². The second-order valence-electron chi connectivity index (χ2n) is 5.74. The molecule has 0 spiro atoms. The molecule has 23 heavy (non-hydrogen) atoms. The van der Waals surface area contributed by atoms with E-state index in [9.17, 15) is 4.79 Å². The van der Waals surface area contributed by atoms with Crippen molar-refractivity contribution in [3.05, 3.63) is 58.5 Å². The van der Waals surface area contributed by atoms with Crippen LogP contribution in [0.1, 0.15) is 26.4 Å². The molecule has 1 amide bonds. The minimum absolute atomic E-state index is 0.0411. The van der Waals surface area contributed by atoms with Gasteiger partial charge >= 0.3 is 0 Å². The van der Waals surface area contributed by atoms with Crippen molar-refractivity contribution in [1.82, 2.24) is 19.2 Å². The predicted octanol–water partition coefficient (Wildman–Crippen LogP) is 3.16. The van der Waals surface area contributed by atoms with Gasteiger partial charge in [0.15, 0.2) is 0 Å². The Labute approximate surface area is 139 Å². The van der Waals surface area contributed by atoms with Crippen molar-refractivity contribution in [2.24, 2.45) is 7.05 Å². The summed E-state index contributed by atoms with van der Waals surface area (Å²) < 4.78 is 3.76. The second kappa shape index (κ2) is 6.04. The zero-order chi connectivity index (χ0) is 16.6. The third-order valence-electron chi connectivity index (χ3n) is 3.94. The lowest BCUT2D eigenvalue weighted by Gasteiger charge is -2.17. The summed E-state index contributed by atoms with van der Waals surface area (Å²) in [5, 5.41) is 5.14. The number of amides is 1. The van der Waals surface area contributed by atoms with E-state index in [0.29, 0.717) is 6.54 Å². The van der Waals surface area contributed by atoms with Crippen LogP contribution in [-0.4, -0.2) is 32.2 Å². The van der Waals surface area contributed by atoms with Gasteiger partial charge in [0.2, 0.25) is 0 Å². The summed E-state index contributed by atoms with van der Waals surface area (Å²) in [6.07, 6.45) is 7.68. The number of carbonyl (C=O) groups is 1. The lowest BCUT2D eigenvalue weighted by molar-refractivity contribution is 0.0785. The first-order chi connectivity index (χ1) is 11.0. The quantitative estimate of drug-likeness (QED) is 0.738. The summed E-state index contributed by atoms with van der Waals surface area (Å²) in [6, 6.07) is 3.94. The maximum atomic E-state index is 13.0. The lowest BCUT2D eigenvalue weighted by atomic mass is 10.1. The first-order valence-corrected chi connectivity index (χ1v) is 8.25. The Morgan fingerprint density at radius 3 is 2.61 bits per heavy atom. The Balaban J connectivity index is 1.92. The SMILES string of the molecule is Cc1sc(-n2cccc2)c(C(=O)N(C)Cc2cnn(C)c2)c1C. The van der Waals surface area contributed by atoms with E-state index in [1.807, 2.05) is 56.3 Å². The molecule has 0 saturated carbocycles. The maximum Gasteiger partial charge on any atom is 0.257 e. The first-order valence-electron chi connectivity index (χ1n) is 7.43. The van der Waals surface area contributed by atoms with Gasteiger partial charge in [0.1, 0.15) is 5.00 Å². The Kier molecular flexibility index (Phi) is 4.09. The third-order valence-corrected chi connectivity index (χ3v) is 5.17. The van der Waals surface area contributed by atoms with Crippen molar-refractivity contribution in [3.63, 3.8) is 0 Å². The Bertz CT molecular complexity index is 829. The molecule has 120 valence electrons. The molecule has 0 atom stereocenters. The molecular formula is C17H20N4OS. The molecule has 0 fully saturated rings. The van der Waals surface area contributed by atoms with E-state index in [-0.39, 0.29) is 5.91 Å². The van der Waals surface area contributed by atoms with E-state index in [2.05, 4.69) is 12.0 Å². The highest BCUT2D eigenvalue weighted by Crippen LogP contribution is 2.32. The van der Waals surface area contributed by atoms with Crippen molar-refractivity contribution in [2.75, 3.05) is 7.05 Å². The topological polar surface area (TPSA) is 43.1 Å². The normalized spacial score (nSPS) is 11.0. The van der Waals surface area contributed by atoms with E-state index in [1.165, 1.54) is 4.88 Å². The van der Waals surface area contributed by atoms with Crippen molar-refractivity contribution in [3.8, 4) is 5.00 Å². The summed E-state index contributed by atoms with van der Waals surface area (Å²) >= 11 is 1.65. The molecule has 0 aromatic carbocycles. The van der Waals surface area contributed by atoms with E-state index in [1.54, 1.807) is 27.1 Å². The molecular weight excluding hydrogens is 308 g/mol. The summed E-state index contributed by atoms with van der Waals surface area (Å²) in [5.74, 6) is 0.0411. The van der Waals surface area contributed by atoms with Gasteiger partial charge < -0.3 is 9.47 Å². The van der Waals surface area contributed by atoms with E-state index >= 15 is 0 Å². The van der Waals surface area contributed by atoms with Crippen LogP contribution in [-0.2, 0) is 13.6 Å². The molecule has 0 radical (unpaired) electrons. The fourth-order valence-corrected chi connectivity index (χ4v) is 3.72. The zero-order valence-corrected chi connectivity index (χ0v) is 14.6. The number of aryl methyl sites for hydroxylation is 2. The third kappa shape index (κ3) is 2.94. The van der Waals surface area contributed by atoms with Gasteiger partial charge in [-0.25, -0.2) is 0 Å². The van der Waals surface area contributed by atoms with Gasteiger partial charge in [-0.15, -0.1) is 11.3 Å². The molecule has 0 bridgehead atoms. The molecule has 0 unspecified atom stereocenters. The van der Waals surface area contributed by atoms with Crippen LogP contribution < -0.4 is 0 Å². The molecule has 0 saturated heterocycles. The van der Waals surface area contributed by atoms with Crippen LogP contribution in [0.2, 0.25) is 0 Å². The average molecular weight is 328 g/mol. The first kappa shape index (κ1) is 15.6. The highest BCUT2D eigenvalue weighted by molar-refractivity contribution is 7.15. The van der Waals surface area contributed by atoms with E-state index in [4.69, 9.17) is 0 Å². The minimum atomic E-state index is 0.0411. The summed E-state index contributed by atoms with van der Waals surface area (Å²) in [4.78, 5) is 15.9. The van der Waals surface area contributed by atoms with E-state index < -0.39 is 0 Å². The Morgan fingerprint density at radius 2 is 2.00 bits per heavy atom. The lowest BCUT2D eigenvalue weighted by Crippen LogP contribution is -2.27. The smallest absolute Gasteiger partial charge is 0.257 e. The summed E-state index contributed by atoms with van der Waals surface area (Å²) in [6.45, 7) is 4.63. The van der Waals surface area contributed by atoms with Crippen LogP contribution in [0, 0.1) is 13.8 Å². The van der Waals surface area contributed by atoms with Gasteiger partial charge in [-0.2, -0.15) is 5.10 Å². The summed E-state index contributed by atoms with van der Waals surface area (Å²) in [5.41, 5.74) is 2.87. The Hall–Kier alpha value is -2.34. The van der Waals surface area contributed by atoms with Crippen LogP contribution in [0.4, 0.5) is 0 Å². The molecule has 0 N–H and O–H groups in total. The van der Waals surface area contributed by atoms with Crippen molar-refractivity contribution in [1.29, 1.82) is 0 Å². The average Bonchev–Trinajstić information content (AvgIpc) is 3.22. The van der Waals surface area contributed by atoms with Gasteiger partial charge in [0.05, 0.1) is 11.8 Å². The van der Waals surface area contributed by atoms with Gasteiger partial charge in [0.25, 0.3) is 5.91 Å². The van der Waals surface area contributed by atoms with Crippen LogP contribution in [0.25, 0.3) is 5.00 Å². The van der Waals surface area contributed by atoms with Crippen molar-refractivity contribution >= 4 is 17.2 Å². The van der Waals surface area contributed by atoms with E-state index in [0.717, 1.165) is 21.7 Å². The largest absolute Gasteiger partial charge is 0.337 e. The fourth-order valence-electron chi connectivity index (χ4n) is 2.60.